The van der Waals surface area contributed by atoms with Gasteiger partial charge in [-0.15, -0.1) is 0 Å². The molecule has 1 aromatic carbocycles. The first-order valence-corrected chi connectivity index (χ1v) is 26.8. The molecule has 0 heterocycles. The van der Waals surface area contributed by atoms with Gasteiger partial charge in [-0.1, -0.05) is 154 Å². The topological polar surface area (TPSA) is 97.6 Å². The van der Waals surface area contributed by atoms with Gasteiger partial charge in [0.05, 0.1) is 13.2 Å². The number of nitrogens with two attached hydrogens (primary N) is 1. The molecule has 0 aliphatic heterocycles. The van der Waals surface area contributed by atoms with E-state index in [-0.39, 0.29) is 5.91 Å². The van der Waals surface area contributed by atoms with Crippen LogP contribution < -0.4 is 31.2 Å². The Morgan fingerprint density at radius 2 is 0.823 bits per heavy atom. The molecule has 0 aliphatic rings. The van der Waals surface area contributed by atoms with Crippen LogP contribution in [0, 0.1) is 0 Å². The summed E-state index contributed by atoms with van der Waals surface area (Å²) >= 11 is 0. The van der Waals surface area contributed by atoms with Gasteiger partial charge in [0.2, 0.25) is 0 Å². The number of carbonyl (C=O) groups is 1. The van der Waals surface area contributed by atoms with E-state index >= 15 is 0 Å². The van der Waals surface area contributed by atoms with Crippen LogP contribution in [-0.4, -0.2) is 58.4 Å². The summed E-state index contributed by atoms with van der Waals surface area (Å²) in [6, 6.07) is 5.71. The maximum absolute atomic E-state index is 13.1. The fourth-order valence-electron chi connectivity index (χ4n) is 7.77. The molecule has 0 aliphatic carbocycles. The summed E-state index contributed by atoms with van der Waals surface area (Å²) in [4.78, 5) is 13.1. The Bertz CT molecular complexity index is 1140. The largest absolute Gasteiger partial charge is 0.490 e. The van der Waals surface area contributed by atoms with Gasteiger partial charge in [-0.2, -0.15) is 0 Å². The lowest BCUT2D eigenvalue weighted by Crippen LogP contribution is -2.25. The summed E-state index contributed by atoms with van der Waals surface area (Å²) < 4.78 is 12.6. The molecule has 0 saturated heterocycles. The molecule has 0 unspecified atom stereocenters. The van der Waals surface area contributed by atoms with Gasteiger partial charge in [0.15, 0.2) is 11.5 Å². The highest BCUT2D eigenvalue weighted by atomic mass is 16.5. The van der Waals surface area contributed by atoms with Crippen molar-refractivity contribution in [1.29, 1.82) is 0 Å². The van der Waals surface area contributed by atoms with E-state index in [0.29, 0.717) is 31.1 Å². The summed E-state index contributed by atoms with van der Waals surface area (Å²) in [5.41, 5.74) is 6.20. The Morgan fingerprint density at radius 1 is 0.452 bits per heavy atom. The van der Waals surface area contributed by atoms with Crippen molar-refractivity contribution in [1.82, 2.24) is 16.0 Å². The van der Waals surface area contributed by atoms with E-state index in [1.807, 2.05) is 18.2 Å². The zero-order valence-corrected chi connectivity index (χ0v) is 41.0. The molecular weight excluding hydrogens is 765 g/mol. The molecule has 7 heteroatoms. The first-order valence-electron chi connectivity index (χ1n) is 26.8. The third-order valence-corrected chi connectivity index (χ3v) is 11.9. The van der Waals surface area contributed by atoms with Crippen molar-refractivity contribution < 1.29 is 14.3 Å². The molecule has 0 radical (unpaired) electrons. The fraction of sp³-hybridized carbons (Fsp3) is 0.800. The maximum atomic E-state index is 13.1. The first-order chi connectivity index (χ1) is 30.7. The smallest absolute Gasteiger partial charge is 0.251 e. The van der Waals surface area contributed by atoms with E-state index in [1.165, 1.54) is 180 Å². The predicted octanol–water partition coefficient (Wildman–Crippen LogP) is 14.7. The number of rotatable bonds is 49. The lowest BCUT2D eigenvalue weighted by atomic mass is 10.1. The van der Waals surface area contributed by atoms with E-state index in [4.69, 9.17) is 15.2 Å². The van der Waals surface area contributed by atoms with Gasteiger partial charge in [-0.05, 0) is 154 Å². The highest BCUT2D eigenvalue weighted by Crippen LogP contribution is 2.29. The van der Waals surface area contributed by atoms with Crippen LogP contribution in [0.1, 0.15) is 243 Å². The number of nitrogens with one attached hydrogen (secondary N) is 3. The van der Waals surface area contributed by atoms with Crippen LogP contribution in [0.25, 0.3) is 0 Å². The number of amides is 1. The molecule has 1 amide bonds. The summed E-state index contributed by atoms with van der Waals surface area (Å²) in [6.07, 6.45) is 52.4. The van der Waals surface area contributed by atoms with E-state index < -0.39 is 0 Å². The minimum absolute atomic E-state index is 0.0427. The molecule has 1 aromatic rings. The highest BCUT2D eigenvalue weighted by Gasteiger charge is 2.12. The Morgan fingerprint density at radius 3 is 1.26 bits per heavy atom. The Labute approximate surface area is 384 Å². The van der Waals surface area contributed by atoms with Gasteiger partial charge >= 0.3 is 0 Å². The molecule has 0 spiro atoms. The number of unbranched alkanes of at least 4 members (excludes halogenated alkanes) is 27. The number of benzene rings is 1. The maximum Gasteiger partial charge on any atom is 0.251 e. The van der Waals surface area contributed by atoms with Crippen molar-refractivity contribution in [2.45, 2.75) is 232 Å². The van der Waals surface area contributed by atoms with Crippen LogP contribution in [0.5, 0.6) is 11.5 Å². The zero-order valence-electron chi connectivity index (χ0n) is 41.0. The molecule has 0 saturated carbocycles. The van der Waals surface area contributed by atoms with Crippen molar-refractivity contribution in [3.63, 3.8) is 0 Å². The molecule has 5 N–H and O–H groups in total. The minimum Gasteiger partial charge on any atom is -0.490 e. The minimum atomic E-state index is -0.0427. The van der Waals surface area contributed by atoms with Crippen LogP contribution in [0.15, 0.2) is 42.5 Å². The molecule has 0 bridgehead atoms. The number of allylic oxidation sites excluding steroid dienone is 4. The SMILES string of the molecule is CCCCCCCC/C=C\CCCCCCCCOc1ccc(C(=O)NCCCCNCCCCNCCCCN)cc1OCCCCCCCC/C=C\CCCCCCCC. The van der Waals surface area contributed by atoms with Crippen molar-refractivity contribution in [3.05, 3.63) is 48.1 Å². The number of ether oxygens (including phenoxy) is 2. The molecule has 0 atom stereocenters. The van der Waals surface area contributed by atoms with Crippen LogP contribution in [0.4, 0.5) is 0 Å². The average molecular weight is 867 g/mol. The number of hydrogen-bond acceptors (Lipinski definition) is 6. The van der Waals surface area contributed by atoms with Gasteiger partial charge < -0.3 is 31.2 Å². The van der Waals surface area contributed by atoms with Crippen molar-refractivity contribution in [3.8, 4) is 11.5 Å². The van der Waals surface area contributed by atoms with Gasteiger partial charge in [0.25, 0.3) is 5.91 Å². The van der Waals surface area contributed by atoms with Gasteiger partial charge in [0, 0.05) is 12.1 Å². The van der Waals surface area contributed by atoms with Crippen molar-refractivity contribution >= 4 is 5.91 Å². The molecule has 0 aromatic heterocycles. The standard InChI is InChI=1S/C55H102N4O3/c1-3-5-7-9-11-13-15-17-19-21-23-25-27-29-31-39-49-61-53-42-41-52(55(60)59-48-38-37-47-58-46-36-35-45-57-44-34-33-43-56)51-54(53)62-50-40-32-30-28-26-24-22-20-18-16-14-12-10-8-6-4-2/h17-20,41-42,51,57-58H,3-16,21-40,43-50,56H2,1-2H3,(H,59,60)/b19-17-,20-18-. The van der Waals surface area contributed by atoms with Gasteiger partial charge in [-0.25, -0.2) is 0 Å². The summed E-state index contributed by atoms with van der Waals surface area (Å²) in [6.45, 7) is 11.5. The quantitative estimate of drug-likeness (QED) is 0.0385. The second-order valence-corrected chi connectivity index (χ2v) is 17.9. The van der Waals surface area contributed by atoms with E-state index in [2.05, 4.69) is 54.1 Å². The van der Waals surface area contributed by atoms with E-state index in [1.54, 1.807) is 0 Å². The normalized spacial score (nSPS) is 11.7. The molecule has 0 fully saturated rings. The highest BCUT2D eigenvalue weighted by molar-refractivity contribution is 5.94. The average Bonchev–Trinajstić information content (AvgIpc) is 3.28. The van der Waals surface area contributed by atoms with Crippen molar-refractivity contribution in [2.24, 2.45) is 5.73 Å². The summed E-state index contributed by atoms with van der Waals surface area (Å²) in [7, 11) is 0. The lowest BCUT2D eigenvalue weighted by Gasteiger charge is -2.15. The van der Waals surface area contributed by atoms with Crippen LogP contribution in [0.3, 0.4) is 0 Å². The summed E-state index contributed by atoms with van der Waals surface area (Å²) in [5, 5.41) is 10.2. The van der Waals surface area contributed by atoms with E-state index in [9.17, 15) is 4.79 Å². The van der Waals surface area contributed by atoms with Gasteiger partial charge in [0.1, 0.15) is 0 Å². The van der Waals surface area contributed by atoms with Crippen LogP contribution in [-0.2, 0) is 0 Å². The number of carbonyl (C=O) groups excluding carboxylic acids is 1. The second kappa shape index (κ2) is 48.1. The van der Waals surface area contributed by atoms with Crippen molar-refractivity contribution in [2.75, 3.05) is 52.5 Å². The molecule has 360 valence electrons. The molecule has 1 rings (SSSR count). The zero-order chi connectivity index (χ0) is 44.5. The monoisotopic (exact) mass is 867 g/mol. The molecular formula is C55H102N4O3. The number of hydrogen-bond donors (Lipinski definition) is 4. The molecule has 7 nitrogen and oxygen atoms in total. The Hall–Kier alpha value is -2.35. The Kier molecular flexibility index (Phi) is 44.8. The predicted molar refractivity (Wildman–Crippen MR) is 271 cm³/mol. The van der Waals surface area contributed by atoms with E-state index in [0.717, 1.165) is 77.0 Å². The van der Waals surface area contributed by atoms with Crippen LogP contribution in [0.2, 0.25) is 0 Å². The summed E-state index contributed by atoms with van der Waals surface area (Å²) in [5.74, 6) is 1.41. The third-order valence-electron chi connectivity index (χ3n) is 11.9. The second-order valence-electron chi connectivity index (χ2n) is 17.9. The Balaban J connectivity index is 2.36. The fourth-order valence-corrected chi connectivity index (χ4v) is 7.77. The van der Waals surface area contributed by atoms with Gasteiger partial charge in [-0.3, -0.25) is 4.79 Å². The lowest BCUT2D eigenvalue weighted by molar-refractivity contribution is 0.0952. The molecule has 62 heavy (non-hydrogen) atoms. The first kappa shape index (κ1) is 57.7. The van der Waals surface area contributed by atoms with Crippen LogP contribution >= 0.6 is 0 Å². The third kappa shape index (κ3) is 39.3.